The Labute approximate surface area is 281 Å². The summed E-state index contributed by atoms with van der Waals surface area (Å²) in [6.45, 7) is 0. The fourth-order valence-corrected chi connectivity index (χ4v) is 6.26. The van der Waals surface area contributed by atoms with Gasteiger partial charge in [-0.3, -0.25) is 0 Å². The number of aromatic nitrogens is 4. The van der Waals surface area contributed by atoms with Gasteiger partial charge in [0, 0.05) is 27.5 Å². The summed E-state index contributed by atoms with van der Waals surface area (Å²) in [5, 5.41) is 31.3. The highest BCUT2D eigenvalue weighted by Gasteiger charge is 2.20. The van der Waals surface area contributed by atoms with Gasteiger partial charge in [0.05, 0.1) is 51.6 Å². The Morgan fingerprint density at radius 3 is 1.65 bits per heavy atom. The van der Waals surface area contributed by atoms with Gasteiger partial charge in [0.15, 0.2) is 17.5 Å². The van der Waals surface area contributed by atoms with Crippen molar-refractivity contribution in [3.63, 3.8) is 0 Å². The third-order valence-electron chi connectivity index (χ3n) is 8.56. The molecule has 0 aliphatic heterocycles. The third kappa shape index (κ3) is 5.13. The molecule has 0 bridgehead atoms. The Bertz CT molecular complexity index is 2630. The summed E-state index contributed by atoms with van der Waals surface area (Å²) in [5.74, 6) is 1.57. The van der Waals surface area contributed by atoms with Crippen LogP contribution < -0.4 is 0 Å². The van der Waals surface area contributed by atoms with Crippen LogP contribution in [0, 0.1) is 34.0 Å². The molecule has 7 nitrogen and oxygen atoms in total. The zero-order valence-electron chi connectivity index (χ0n) is 25.9. The van der Waals surface area contributed by atoms with Gasteiger partial charge in [0.1, 0.15) is 0 Å². The molecular weight excluding hydrogens is 603 g/mol. The summed E-state index contributed by atoms with van der Waals surface area (Å²) in [6, 6.07) is 51.3. The number of nitriles is 3. The van der Waals surface area contributed by atoms with Crippen LogP contribution in [0.2, 0.25) is 0 Å². The number of hydrogen-bond donors (Lipinski definition) is 0. The van der Waals surface area contributed by atoms with E-state index in [1.165, 1.54) is 0 Å². The molecule has 0 aliphatic rings. The van der Waals surface area contributed by atoms with E-state index in [9.17, 15) is 15.8 Å². The molecule has 0 amide bonds. The van der Waals surface area contributed by atoms with Gasteiger partial charge in [0.2, 0.25) is 0 Å². The molecule has 8 aromatic rings. The number of benzene rings is 6. The SMILES string of the molecule is N#Cc1ccc(-c2ccc3c(c2)c2ccccc2n3-c2cc(C#N)ccc2-c2nc(-c3ccccc3)nc(-c3ccccc3)n2)c(C#N)c1. The molecule has 0 atom stereocenters. The van der Waals surface area contributed by atoms with E-state index < -0.39 is 0 Å². The van der Waals surface area contributed by atoms with Crippen LogP contribution in [0.4, 0.5) is 0 Å². The molecule has 0 spiro atoms. The zero-order chi connectivity index (χ0) is 33.3. The second-order valence-electron chi connectivity index (χ2n) is 11.5. The molecular formula is C42H23N7. The summed E-state index contributed by atoms with van der Waals surface area (Å²) in [6.07, 6.45) is 0. The highest BCUT2D eigenvalue weighted by atomic mass is 15.1. The fourth-order valence-electron chi connectivity index (χ4n) is 6.26. The average molecular weight is 626 g/mol. The van der Waals surface area contributed by atoms with Crippen LogP contribution in [0.25, 0.3) is 72.8 Å². The lowest BCUT2D eigenvalue weighted by atomic mass is 9.97. The van der Waals surface area contributed by atoms with E-state index in [1.807, 2.05) is 103 Å². The van der Waals surface area contributed by atoms with Crippen LogP contribution in [0.3, 0.4) is 0 Å². The topological polar surface area (TPSA) is 115 Å². The lowest BCUT2D eigenvalue weighted by Crippen LogP contribution is -2.04. The minimum absolute atomic E-state index is 0.435. The second kappa shape index (κ2) is 12.1. The molecule has 49 heavy (non-hydrogen) atoms. The molecule has 2 heterocycles. The van der Waals surface area contributed by atoms with Crippen molar-refractivity contribution >= 4 is 21.8 Å². The first-order valence-electron chi connectivity index (χ1n) is 15.5. The molecule has 6 aromatic carbocycles. The maximum atomic E-state index is 10.0. The monoisotopic (exact) mass is 625 g/mol. The minimum Gasteiger partial charge on any atom is -0.308 e. The van der Waals surface area contributed by atoms with Gasteiger partial charge in [-0.1, -0.05) is 91.0 Å². The van der Waals surface area contributed by atoms with Crippen molar-refractivity contribution in [1.82, 2.24) is 19.5 Å². The number of fused-ring (bicyclic) bond motifs is 3. The molecule has 0 N–H and O–H groups in total. The van der Waals surface area contributed by atoms with Crippen LogP contribution in [0.1, 0.15) is 16.7 Å². The molecule has 226 valence electrons. The Morgan fingerprint density at radius 2 is 1.00 bits per heavy atom. The highest BCUT2D eigenvalue weighted by Crippen LogP contribution is 2.39. The van der Waals surface area contributed by atoms with E-state index >= 15 is 0 Å². The zero-order valence-corrected chi connectivity index (χ0v) is 25.9. The van der Waals surface area contributed by atoms with E-state index in [0.29, 0.717) is 34.2 Å². The number of rotatable bonds is 5. The average Bonchev–Trinajstić information content (AvgIpc) is 3.51. The summed E-state index contributed by atoms with van der Waals surface area (Å²) < 4.78 is 2.14. The van der Waals surface area contributed by atoms with Gasteiger partial charge < -0.3 is 4.57 Å². The molecule has 0 saturated carbocycles. The van der Waals surface area contributed by atoms with Crippen LogP contribution in [0.15, 0.2) is 140 Å². The molecule has 0 aliphatic carbocycles. The van der Waals surface area contributed by atoms with Crippen molar-refractivity contribution in [3.8, 4) is 69.2 Å². The Balaban J connectivity index is 1.39. The van der Waals surface area contributed by atoms with E-state index in [2.05, 4.69) is 41.0 Å². The normalized spacial score (nSPS) is 10.8. The molecule has 0 radical (unpaired) electrons. The fraction of sp³-hybridized carbons (Fsp3) is 0. The van der Waals surface area contributed by atoms with Gasteiger partial charge in [0.25, 0.3) is 0 Å². The minimum atomic E-state index is 0.435. The first kappa shape index (κ1) is 29.0. The summed E-state index contributed by atoms with van der Waals surface area (Å²) >= 11 is 0. The summed E-state index contributed by atoms with van der Waals surface area (Å²) in [7, 11) is 0. The lowest BCUT2D eigenvalue weighted by Gasteiger charge is -2.15. The van der Waals surface area contributed by atoms with Crippen molar-refractivity contribution in [2.75, 3.05) is 0 Å². The van der Waals surface area contributed by atoms with Crippen LogP contribution in [0.5, 0.6) is 0 Å². The summed E-state index contributed by atoms with van der Waals surface area (Å²) in [4.78, 5) is 14.9. The van der Waals surface area contributed by atoms with Crippen molar-refractivity contribution < 1.29 is 0 Å². The molecule has 2 aromatic heterocycles. The molecule has 0 fully saturated rings. The second-order valence-corrected chi connectivity index (χ2v) is 11.5. The maximum Gasteiger partial charge on any atom is 0.166 e. The van der Waals surface area contributed by atoms with Crippen molar-refractivity contribution in [3.05, 3.63) is 156 Å². The van der Waals surface area contributed by atoms with Crippen LogP contribution in [-0.4, -0.2) is 19.5 Å². The van der Waals surface area contributed by atoms with Gasteiger partial charge in [-0.05, 0) is 59.7 Å². The number of nitrogens with zero attached hydrogens (tertiary/aromatic N) is 7. The molecule has 0 unspecified atom stereocenters. The van der Waals surface area contributed by atoms with Crippen LogP contribution in [-0.2, 0) is 0 Å². The van der Waals surface area contributed by atoms with Gasteiger partial charge in [-0.15, -0.1) is 0 Å². The first-order valence-corrected chi connectivity index (χ1v) is 15.5. The van der Waals surface area contributed by atoms with Gasteiger partial charge in [-0.25, -0.2) is 15.0 Å². The van der Waals surface area contributed by atoms with Crippen molar-refractivity contribution in [1.29, 1.82) is 15.8 Å². The Hall–Kier alpha value is -7.40. The number of para-hydroxylation sites is 1. The third-order valence-corrected chi connectivity index (χ3v) is 8.56. The van der Waals surface area contributed by atoms with Crippen molar-refractivity contribution in [2.45, 2.75) is 0 Å². The van der Waals surface area contributed by atoms with Crippen LogP contribution >= 0.6 is 0 Å². The van der Waals surface area contributed by atoms with Gasteiger partial charge >= 0.3 is 0 Å². The van der Waals surface area contributed by atoms with E-state index in [1.54, 1.807) is 18.2 Å². The smallest absolute Gasteiger partial charge is 0.166 e. The first-order chi connectivity index (χ1) is 24.1. The Kier molecular flexibility index (Phi) is 7.16. The highest BCUT2D eigenvalue weighted by molar-refractivity contribution is 6.11. The largest absolute Gasteiger partial charge is 0.308 e. The predicted octanol–water partition coefficient (Wildman–Crippen LogP) is 9.25. The van der Waals surface area contributed by atoms with E-state index in [-0.39, 0.29) is 0 Å². The standard InChI is InChI=1S/C42H23N7/c43-24-27-15-18-33(32(21-27)26-45)31-17-20-38-36(23-31)34-13-7-8-14-37(34)49(38)39-22-28(25-44)16-19-35(39)42-47-40(29-9-3-1-4-10-29)46-41(48-42)30-11-5-2-6-12-30/h1-23H. The summed E-state index contributed by atoms with van der Waals surface area (Å²) in [5.41, 5.74) is 8.04. The lowest BCUT2D eigenvalue weighted by molar-refractivity contribution is 1.06. The molecule has 7 heteroatoms. The Morgan fingerprint density at radius 1 is 0.429 bits per heavy atom. The molecule has 0 saturated heterocycles. The van der Waals surface area contributed by atoms with Gasteiger partial charge in [-0.2, -0.15) is 15.8 Å². The molecule has 8 rings (SSSR count). The van der Waals surface area contributed by atoms with Crippen molar-refractivity contribution in [2.24, 2.45) is 0 Å². The van der Waals surface area contributed by atoms with E-state index in [4.69, 9.17) is 15.0 Å². The number of hydrogen-bond acceptors (Lipinski definition) is 6. The van der Waals surface area contributed by atoms with E-state index in [0.717, 1.165) is 55.3 Å². The quantitative estimate of drug-likeness (QED) is 0.188. The maximum absolute atomic E-state index is 10.0. The predicted molar refractivity (Wildman–Crippen MR) is 190 cm³/mol.